The Morgan fingerprint density at radius 3 is 2.52 bits per heavy atom. The van der Waals surface area contributed by atoms with Crippen molar-refractivity contribution in [2.24, 2.45) is 0 Å². The lowest BCUT2D eigenvalue weighted by molar-refractivity contribution is 0.0475. The van der Waals surface area contributed by atoms with E-state index in [0.29, 0.717) is 6.07 Å². The van der Waals surface area contributed by atoms with Crippen molar-refractivity contribution >= 4 is 11.6 Å². The van der Waals surface area contributed by atoms with Crippen LogP contribution in [0.2, 0.25) is 0 Å². The molecule has 118 valence electrons. The molecular weight excluding hydrogens is 282 g/mol. The average molecular weight is 302 g/mol. The molecule has 0 aliphatic heterocycles. The Morgan fingerprint density at radius 1 is 1.29 bits per heavy atom. The molecular formula is C14H20F2N2O3. The van der Waals surface area contributed by atoms with Crippen LogP contribution >= 0.6 is 0 Å². The smallest absolute Gasteiger partial charge is 0.257 e. The fourth-order valence-corrected chi connectivity index (χ4v) is 1.93. The van der Waals surface area contributed by atoms with Crippen molar-refractivity contribution in [2.45, 2.75) is 13.0 Å². The van der Waals surface area contributed by atoms with Gasteiger partial charge in [-0.15, -0.1) is 0 Å². The molecule has 0 heterocycles. The van der Waals surface area contributed by atoms with Crippen LogP contribution in [-0.4, -0.2) is 50.8 Å². The Balaban J connectivity index is 3.06. The second-order valence-corrected chi connectivity index (χ2v) is 4.65. The van der Waals surface area contributed by atoms with E-state index in [2.05, 4.69) is 0 Å². The lowest BCUT2D eigenvalue weighted by Gasteiger charge is -2.29. The minimum Gasteiger partial charge on any atom is -0.396 e. The van der Waals surface area contributed by atoms with Gasteiger partial charge in [0.1, 0.15) is 11.6 Å². The average Bonchev–Trinajstić information content (AvgIpc) is 2.43. The van der Waals surface area contributed by atoms with Gasteiger partial charge in [0.2, 0.25) is 0 Å². The highest BCUT2D eigenvalue weighted by atomic mass is 19.1. The van der Waals surface area contributed by atoms with E-state index in [-0.39, 0.29) is 37.1 Å². The molecule has 2 N–H and O–H groups in total. The van der Waals surface area contributed by atoms with Gasteiger partial charge in [-0.05, 0) is 13.0 Å². The van der Waals surface area contributed by atoms with Gasteiger partial charge < -0.3 is 20.1 Å². The molecule has 21 heavy (non-hydrogen) atoms. The molecule has 0 fully saturated rings. The van der Waals surface area contributed by atoms with Gasteiger partial charge >= 0.3 is 0 Å². The van der Waals surface area contributed by atoms with Crippen LogP contribution in [-0.2, 0) is 9.47 Å². The Bertz CT molecular complexity index is 497. The second kappa shape index (κ2) is 7.90. The van der Waals surface area contributed by atoms with Crippen LogP contribution in [0.4, 0.5) is 14.5 Å². The first kappa shape index (κ1) is 17.3. The van der Waals surface area contributed by atoms with E-state index < -0.39 is 17.5 Å². The highest BCUT2D eigenvalue weighted by molar-refractivity contribution is 5.95. The summed E-state index contributed by atoms with van der Waals surface area (Å²) < 4.78 is 36.9. The number of carbonyl (C=O) groups is 1. The Morgan fingerprint density at radius 2 is 1.95 bits per heavy atom. The Hall–Kier alpha value is -1.73. The van der Waals surface area contributed by atoms with E-state index in [1.807, 2.05) is 0 Å². The van der Waals surface area contributed by atoms with E-state index in [9.17, 15) is 13.6 Å². The molecule has 1 unspecified atom stereocenters. The summed E-state index contributed by atoms with van der Waals surface area (Å²) >= 11 is 0. The zero-order valence-electron chi connectivity index (χ0n) is 12.4. The molecule has 5 nitrogen and oxygen atoms in total. The number of rotatable bonds is 7. The van der Waals surface area contributed by atoms with Crippen LogP contribution in [0, 0.1) is 11.6 Å². The third kappa shape index (κ3) is 4.37. The molecule has 0 bridgehead atoms. The van der Waals surface area contributed by atoms with Crippen molar-refractivity contribution in [3.63, 3.8) is 0 Å². The third-order valence-corrected chi connectivity index (χ3v) is 3.05. The van der Waals surface area contributed by atoms with Crippen molar-refractivity contribution in [1.29, 1.82) is 0 Å². The minimum absolute atomic E-state index is 0.260. The van der Waals surface area contributed by atoms with Crippen LogP contribution in [0.1, 0.15) is 17.3 Å². The lowest BCUT2D eigenvalue weighted by atomic mass is 10.1. The molecule has 0 spiro atoms. The van der Waals surface area contributed by atoms with Crippen molar-refractivity contribution in [3.8, 4) is 0 Å². The molecule has 1 aromatic rings. The topological polar surface area (TPSA) is 64.8 Å². The minimum atomic E-state index is -0.946. The Kier molecular flexibility index (Phi) is 6.51. The maximum atomic E-state index is 13.8. The second-order valence-electron chi connectivity index (χ2n) is 4.65. The number of benzene rings is 1. The first-order valence-electron chi connectivity index (χ1n) is 6.45. The van der Waals surface area contributed by atoms with Crippen LogP contribution in [0.25, 0.3) is 0 Å². The van der Waals surface area contributed by atoms with Gasteiger partial charge in [-0.3, -0.25) is 4.79 Å². The third-order valence-electron chi connectivity index (χ3n) is 3.05. The van der Waals surface area contributed by atoms with Crippen LogP contribution in [0.3, 0.4) is 0 Å². The molecule has 0 saturated heterocycles. The monoisotopic (exact) mass is 302 g/mol. The summed E-state index contributed by atoms with van der Waals surface area (Å²) in [5.41, 5.74) is 4.86. The molecule has 7 heteroatoms. The van der Waals surface area contributed by atoms with E-state index in [1.165, 1.54) is 19.1 Å². The highest BCUT2D eigenvalue weighted by Crippen LogP contribution is 2.19. The molecule has 0 radical (unpaired) electrons. The zero-order valence-corrected chi connectivity index (χ0v) is 12.4. The zero-order chi connectivity index (χ0) is 16.0. The maximum absolute atomic E-state index is 13.8. The number of anilines is 1. The molecule has 0 aliphatic carbocycles. The highest BCUT2D eigenvalue weighted by Gasteiger charge is 2.24. The normalized spacial score (nSPS) is 12.2. The molecule has 0 saturated carbocycles. The summed E-state index contributed by atoms with van der Waals surface area (Å²) in [5.74, 6) is -2.42. The summed E-state index contributed by atoms with van der Waals surface area (Å²) in [5, 5.41) is 0. The van der Waals surface area contributed by atoms with Crippen molar-refractivity contribution in [2.75, 3.05) is 39.7 Å². The summed E-state index contributed by atoms with van der Waals surface area (Å²) in [6.45, 7) is 2.60. The number of hydrogen-bond donors (Lipinski definition) is 1. The number of methoxy groups -OCH3 is 2. The SMILES string of the molecule is COCCN(C(=O)c1cc(N)c(F)cc1F)C(C)COC. The molecule has 1 amide bonds. The van der Waals surface area contributed by atoms with Gasteiger partial charge in [-0.2, -0.15) is 0 Å². The van der Waals surface area contributed by atoms with Crippen molar-refractivity contribution in [3.05, 3.63) is 29.3 Å². The number of nitrogens with zero attached hydrogens (tertiary/aromatic N) is 1. The predicted octanol–water partition coefficient (Wildman–Crippen LogP) is 1.67. The predicted molar refractivity (Wildman–Crippen MR) is 75.0 cm³/mol. The van der Waals surface area contributed by atoms with E-state index >= 15 is 0 Å². The first-order valence-corrected chi connectivity index (χ1v) is 6.45. The Labute approximate surface area is 122 Å². The molecule has 1 rings (SSSR count). The van der Waals surface area contributed by atoms with Crippen molar-refractivity contribution < 1.29 is 23.0 Å². The molecule has 1 aromatic carbocycles. The fourth-order valence-electron chi connectivity index (χ4n) is 1.93. The van der Waals surface area contributed by atoms with E-state index in [4.69, 9.17) is 15.2 Å². The standard InChI is InChI=1S/C14H20F2N2O3/c1-9(8-21-3)18(4-5-20-2)14(19)10-6-13(17)12(16)7-11(10)15/h6-7,9H,4-5,8,17H2,1-3H3. The number of carbonyl (C=O) groups excluding carboxylic acids is 1. The van der Waals surface area contributed by atoms with Crippen LogP contribution in [0.5, 0.6) is 0 Å². The number of ether oxygens (including phenoxy) is 2. The number of hydrogen-bond acceptors (Lipinski definition) is 4. The largest absolute Gasteiger partial charge is 0.396 e. The van der Waals surface area contributed by atoms with Crippen molar-refractivity contribution in [1.82, 2.24) is 4.90 Å². The van der Waals surface area contributed by atoms with Gasteiger partial charge in [0.05, 0.1) is 30.5 Å². The number of halogens is 2. The molecule has 0 aliphatic rings. The summed E-state index contributed by atoms with van der Waals surface area (Å²) in [7, 11) is 3.01. The van der Waals surface area contributed by atoms with Gasteiger partial charge in [0.25, 0.3) is 5.91 Å². The number of nitrogen functional groups attached to an aromatic ring is 1. The van der Waals surface area contributed by atoms with Gasteiger partial charge in [-0.1, -0.05) is 0 Å². The fraction of sp³-hybridized carbons (Fsp3) is 0.500. The van der Waals surface area contributed by atoms with Crippen LogP contribution < -0.4 is 5.73 Å². The van der Waals surface area contributed by atoms with E-state index in [0.717, 1.165) is 6.07 Å². The molecule has 1 atom stereocenters. The summed E-state index contributed by atoms with van der Waals surface area (Å²) in [4.78, 5) is 13.9. The van der Waals surface area contributed by atoms with E-state index in [1.54, 1.807) is 6.92 Å². The lowest BCUT2D eigenvalue weighted by Crippen LogP contribution is -2.43. The van der Waals surface area contributed by atoms with Crippen LogP contribution in [0.15, 0.2) is 12.1 Å². The summed E-state index contributed by atoms with van der Waals surface area (Å²) in [6, 6.07) is 1.33. The quantitative estimate of drug-likeness (QED) is 0.778. The maximum Gasteiger partial charge on any atom is 0.257 e. The first-order chi connectivity index (χ1) is 9.92. The molecule has 0 aromatic heterocycles. The number of amides is 1. The van der Waals surface area contributed by atoms with Gasteiger partial charge in [0, 0.05) is 26.8 Å². The summed E-state index contributed by atoms with van der Waals surface area (Å²) in [6.07, 6.45) is 0. The van der Waals surface area contributed by atoms with Gasteiger partial charge in [-0.25, -0.2) is 8.78 Å². The number of nitrogens with two attached hydrogens (primary N) is 1. The van der Waals surface area contributed by atoms with Gasteiger partial charge in [0.15, 0.2) is 0 Å².